The molecule has 1 nitrogen and oxygen atoms in total. The van der Waals surface area contributed by atoms with Crippen molar-refractivity contribution in [3.05, 3.63) is 70.8 Å². The molecule has 0 radical (unpaired) electrons. The summed E-state index contributed by atoms with van der Waals surface area (Å²) >= 11 is 1.50. The van der Waals surface area contributed by atoms with Crippen LogP contribution in [-0.4, -0.2) is 11.5 Å². The summed E-state index contributed by atoms with van der Waals surface area (Å²) in [7, 11) is 0. The molecule has 2 aromatic carbocycles. The molecule has 0 unspecified atom stereocenters. The fourth-order valence-electron chi connectivity index (χ4n) is 2.07. The lowest BCUT2D eigenvalue weighted by molar-refractivity contribution is 0.103. The number of rotatable bonds is 1. The van der Waals surface area contributed by atoms with E-state index in [-0.39, 0.29) is 11.6 Å². The zero-order valence-electron chi connectivity index (χ0n) is 10.4. The molecule has 0 aliphatic carbocycles. The second-order valence-electron chi connectivity index (χ2n) is 4.48. The van der Waals surface area contributed by atoms with Gasteiger partial charge < -0.3 is 0 Å². The number of hydrogen-bond donors (Lipinski definition) is 0. The maximum absolute atomic E-state index is 13.2. The van der Waals surface area contributed by atoms with E-state index in [1.165, 1.54) is 36.0 Å². The first-order valence-corrected chi connectivity index (χ1v) is 7.05. The number of carbonyl (C=O) groups excluding carboxylic acids is 1. The monoisotopic (exact) mass is 288 g/mol. The van der Waals surface area contributed by atoms with Gasteiger partial charge in [-0.2, -0.15) is 0 Å². The van der Waals surface area contributed by atoms with Crippen LogP contribution in [0.5, 0.6) is 0 Å². The number of Topliss-reactive ketones (excluding diaryl/α,β-unsaturated/α-hetero) is 1. The van der Waals surface area contributed by atoms with Gasteiger partial charge in [-0.1, -0.05) is 12.1 Å². The molecule has 0 amide bonds. The van der Waals surface area contributed by atoms with Crippen molar-refractivity contribution in [1.82, 2.24) is 0 Å². The third-order valence-corrected chi connectivity index (χ3v) is 4.19. The zero-order chi connectivity index (χ0) is 14.1. The molecule has 0 bridgehead atoms. The number of ketones is 1. The predicted octanol–water partition coefficient (Wildman–Crippen LogP) is 4.34. The molecule has 1 heterocycles. The van der Waals surface area contributed by atoms with Gasteiger partial charge in [0.05, 0.1) is 0 Å². The third kappa shape index (κ3) is 2.51. The Hall–Kier alpha value is -1.94. The Morgan fingerprint density at radius 2 is 1.70 bits per heavy atom. The van der Waals surface area contributed by atoms with Crippen molar-refractivity contribution in [2.24, 2.45) is 0 Å². The Balaban J connectivity index is 1.97. The molecule has 1 aliphatic heterocycles. The lowest BCUT2D eigenvalue weighted by atomic mass is 10.0. The second kappa shape index (κ2) is 5.21. The van der Waals surface area contributed by atoms with Gasteiger partial charge in [-0.15, -0.1) is 11.8 Å². The van der Waals surface area contributed by atoms with Crippen LogP contribution < -0.4 is 0 Å². The maximum atomic E-state index is 13.2. The standard InChI is InChI=1S/C16H10F2OS/c17-12-3-1-10(2-4-12)7-11-9-20-15-6-5-13(18)8-14(15)16(11)19/h1-8H,9H2. The summed E-state index contributed by atoms with van der Waals surface area (Å²) in [5.41, 5.74) is 1.75. The first-order chi connectivity index (χ1) is 9.63. The molecule has 4 heteroatoms. The summed E-state index contributed by atoms with van der Waals surface area (Å²) in [6.07, 6.45) is 1.72. The van der Waals surface area contributed by atoms with Crippen molar-refractivity contribution in [1.29, 1.82) is 0 Å². The van der Waals surface area contributed by atoms with Crippen LogP contribution in [0, 0.1) is 11.6 Å². The predicted molar refractivity (Wildman–Crippen MR) is 75.8 cm³/mol. The van der Waals surface area contributed by atoms with Crippen LogP contribution >= 0.6 is 11.8 Å². The first kappa shape index (κ1) is 13.1. The Morgan fingerprint density at radius 1 is 1.00 bits per heavy atom. The molecule has 0 saturated heterocycles. The minimum atomic E-state index is -0.416. The molecule has 0 atom stereocenters. The van der Waals surface area contributed by atoms with Crippen LogP contribution in [-0.2, 0) is 0 Å². The molecule has 1 aliphatic rings. The van der Waals surface area contributed by atoms with Gasteiger partial charge in [-0.05, 0) is 42.0 Å². The highest BCUT2D eigenvalue weighted by Crippen LogP contribution is 2.33. The number of thioether (sulfide) groups is 1. The maximum Gasteiger partial charge on any atom is 0.191 e. The van der Waals surface area contributed by atoms with E-state index in [1.54, 1.807) is 24.3 Å². The SMILES string of the molecule is O=C1C(=Cc2ccc(F)cc2)CSc2ccc(F)cc21. The third-order valence-electron chi connectivity index (χ3n) is 3.07. The quantitative estimate of drug-likeness (QED) is 0.726. The van der Waals surface area contributed by atoms with E-state index in [4.69, 9.17) is 0 Å². The fraction of sp³-hybridized carbons (Fsp3) is 0.0625. The van der Waals surface area contributed by atoms with Crippen molar-refractivity contribution in [2.75, 3.05) is 5.75 Å². The van der Waals surface area contributed by atoms with Gasteiger partial charge in [0, 0.05) is 21.8 Å². The van der Waals surface area contributed by atoms with Crippen LogP contribution in [0.3, 0.4) is 0 Å². The molecule has 0 saturated carbocycles. The lowest BCUT2D eigenvalue weighted by Gasteiger charge is -2.16. The molecule has 100 valence electrons. The van der Waals surface area contributed by atoms with Crippen molar-refractivity contribution in [2.45, 2.75) is 4.90 Å². The molecule has 20 heavy (non-hydrogen) atoms. The van der Waals surface area contributed by atoms with Crippen LogP contribution in [0.4, 0.5) is 8.78 Å². The highest BCUT2D eigenvalue weighted by atomic mass is 32.2. The molecule has 0 aromatic heterocycles. The fourth-order valence-corrected chi connectivity index (χ4v) is 3.06. The number of hydrogen-bond acceptors (Lipinski definition) is 2. The van der Waals surface area contributed by atoms with Crippen LogP contribution in [0.2, 0.25) is 0 Å². The molecule has 2 aromatic rings. The Morgan fingerprint density at radius 3 is 2.45 bits per heavy atom. The summed E-state index contributed by atoms with van der Waals surface area (Å²) in [6, 6.07) is 10.2. The Labute approximate surface area is 119 Å². The first-order valence-electron chi connectivity index (χ1n) is 6.07. The second-order valence-corrected chi connectivity index (χ2v) is 5.50. The van der Waals surface area contributed by atoms with Crippen molar-refractivity contribution in [3.8, 4) is 0 Å². The van der Waals surface area contributed by atoms with Crippen molar-refractivity contribution < 1.29 is 13.6 Å². The number of halogens is 2. The van der Waals surface area contributed by atoms with E-state index in [0.29, 0.717) is 16.9 Å². The van der Waals surface area contributed by atoms with Gasteiger partial charge >= 0.3 is 0 Å². The van der Waals surface area contributed by atoms with Gasteiger partial charge in [0.2, 0.25) is 0 Å². The van der Waals surface area contributed by atoms with E-state index in [9.17, 15) is 13.6 Å². The summed E-state index contributed by atoms with van der Waals surface area (Å²) in [6.45, 7) is 0. The molecule has 3 rings (SSSR count). The van der Waals surface area contributed by atoms with E-state index in [0.717, 1.165) is 10.5 Å². The molecule has 0 fully saturated rings. The molecule has 0 N–H and O–H groups in total. The van der Waals surface area contributed by atoms with Crippen LogP contribution in [0.1, 0.15) is 15.9 Å². The minimum absolute atomic E-state index is 0.164. The Bertz CT molecular complexity index is 705. The van der Waals surface area contributed by atoms with Crippen LogP contribution in [0.15, 0.2) is 52.9 Å². The number of benzene rings is 2. The Kier molecular flexibility index (Phi) is 3.40. The average Bonchev–Trinajstić information content (AvgIpc) is 2.45. The van der Waals surface area contributed by atoms with E-state index in [1.807, 2.05) is 0 Å². The summed E-state index contributed by atoms with van der Waals surface area (Å²) in [5, 5.41) is 0. The largest absolute Gasteiger partial charge is 0.289 e. The highest BCUT2D eigenvalue weighted by Gasteiger charge is 2.22. The van der Waals surface area contributed by atoms with Gasteiger partial charge in [-0.3, -0.25) is 4.79 Å². The topological polar surface area (TPSA) is 17.1 Å². The lowest BCUT2D eigenvalue weighted by Crippen LogP contribution is -2.12. The van der Waals surface area contributed by atoms with Gasteiger partial charge in [0.1, 0.15) is 11.6 Å². The van der Waals surface area contributed by atoms with Gasteiger partial charge in [-0.25, -0.2) is 8.78 Å². The highest BCUT2D eigenvalue weighted by molar-refractivity contribution is 7.99. The number of carbonyl (C=O) groups is 1. The number of fused-ring (bicyclic) bond motifs is 1. The summed E-state index contributed by atoms with van der Waals surface area (Å²) in [4.78, 5) is 13.1. The van der Waals surface area contributed by atoms with Gasteiger partial charge in [0.15, 0.2) is 5.78 Å². The summed E-state index contributed by atoms with van der Waals surface area (Å²) < 4.78 is 26.1. The normalized spacial score (nSPS) is 16.3. The zero-order valence-corrected chi connectivity index (χ0v) is 11.2. The van der Waals surface area contributed by atoms with E-state index < -0.39 is 5.82 Å². The van der Waals surface area contributed by atoms with Crippen LogP contribution in [0.25, 0.3) is 6.08 Å². The summed E-state index contributed by atoms with van der Waals surface area (Å²) in [5.74, 6) is -0.360. The van der Waals surface area contributed by atoms with Crippen molar-refractivity contribution >= 4 is 23.6 Å². The molecular formula is C16H10F2OS. The minimum Gasteiger partial charge on any atom is -0.289 e. The molecule has 0 spiro atoms. The molecular weight excluding hydrogens is 278 g/mol. The smallest absolute Gasteiger partial charge is 0.191 e. The van der Waals surface area contributed by atoms with Crippen molar-refractivity contribution in [3.63, 3.8) is 0 Å². The average molecular weight is 288 g/mol. The van der Waals surface area contributed by atoms with Gasteiger partial charge in [0.25, 0.3) is 0 Å². The van der Waals surface area contributed by atoms with E-state index in [2.05, 4.69) is 0 Å². The van der Waals surface area contributed by atoms with E-state index >= 15 is 0 Å².